The SMILES string of the molecule is Cc1ccc(C)c(-c2c(C)ccc(C)c2CP(c2ccccc2)c2ccccc2)c1CP(c1ccccc1)c1ccccc1. The van der Waals surface area contributed by atoms with Gasteiger partial charge in [0.15, 0.2) is 0 Å². The molecular formula is C42H40P2. The maximum atomic E-state index is 2.34. The highest BCUT2D eigenvalue weighted by molar-refractivity contribution is 7.72. The molecule has 0 unspecified atom stereocenters. The minimum absolute atomic E-state index is 0.574. The smallest absolute Gasteiger partial charge is 0.00163 e. The molecule has 0 nitrogen and oxygen atoms in total. The summed E-state index contributed by atoms with van der Waals surface area (Å²) in [5.74, 6) is 0. The predicted molar refractivity (Wildman–Crippen MR) is 196 cm³/mol. The number of hydrogen-bond donors (Lipinski definition) is 0. The quantitative estimate of drug-likeness (QED) is 0.144. The topological polar surface area (TPSA) is 0 Å². The molecule has 0 atom stereocenters. The molecule has 6 aromatic rings. The van der Waals surface area contributed by atoms with Crippen LogP contribution >= 0.6 is 15.8 Å². The second-order valence-electron chi connectivity index (χ2n) is 11.6. The van der Waals surface area contributed by atoms with E-state index < -0.39 is 15.8 Å². The fourth-order valence-corrected chi connectivity index (χ4v) is 11.2. The molecule has 0 amide bonds. The van der Waals surface area contributed by atoms with Gasteiger partial charge >= 0.3 is 0 Å². The van der Waals surface area contributed by atoms with Gasteiger partial charge in [-0.05, 0) is 109 Å². The summed E-state index contributed by atoms with van der Waals surface area (Å²) in [5, 5.41) is 5.72. The van der Waals surface area contributed by atoms with Crippen molar-refractivity contribution in [2.75, 3.05) is 0 Å². The standard InChI is InChI=1S/C42H40P2/c1-31-25-27-33(3)41(39(31)29-43(35-17-9-5-10-18-35)36-19-11-6-12-20-36)42-34(4)28-26-32(2)40(42)30-44(37-21-13-7-14-22-37)38-23-15-8-16-24-38/h5-28H,29-30H2,1-4H3. The van der Waals surface area contributed by atoms with E-state index in [1.165, 1.54) is 65.7 Å². The van der Waals surface area contributed by atoms with Crippen molar-refractivity contribution in [2.45, 2.75) is 40.0 Å². The fraction of sp³-hybridized carbons (Fsp3) is 0.143. The maximum Gasteiger partial charge on any atom is 0.00163 e. The zero-order valence-corrected chi connectivity index (χ0v) is 28.0. The first-order chi connectivity index (χ1) is 21.5. The molecule has 0 radical (unpaired) electrons. The van der Waals surface area contributed by atoms with Gasteiger partial charge < -0.3 is 0 Å². The van der Waals surface area contributed by atoms with Gasteiger partial charge in [0.05, 0.1) is 0 Å². The second kappa shape index (κ2) is 13.9. The summed E-state index contributed by atoms with van der Waals surface area (Å²) in [4.78, 5) is 0. The fourth-order valence-electron chi connectivity index (χ4n) is 6.25. The van der Waals surface area contributed by atoms with Gasteiger partial charge in [0, 0.05) is 12.3 Å². The van der Waals surface area contributed by atoms with Crippen LogP contribution in [0.5, 0.6) is 0 Å². The molecule has 0 aliphatic rings. The first kappa shape index (κ1) is 30.2. The third-order valence-electron chi connectivity index (χ3n) is 8.66. The monoisotopic (exact) mass is 606 g/mol. The van der Waals surface area contributed by atoms with Gasteiger partial charge in [-0.25, -0.2) is 0 Å². The molecule has 2 heteroatoms. The molecule has 0 aliphatic carbocycles. The Labute approximate surface area is 266 Å². The summed E-state index contributed by atoms with van der Waals surface area (Å²) in [6.07, 6.45) is 2.04. The summed E-state index contributed by atoms with van der Waals surface area (Å²) < 4.78 is 0. The van der Waals surface area contributed by atoms with Gasteiger partial charge in [-0.3, -0.25) is 0 Å². The van der Waals surface area contributed by atoms with E-state index >= 15 is 0 Å². The van der Waals surface area contributed by atoms with Crippen LogP contribution in [0.1, 0.15) is 33.4 Å². The van der Waals surface area contributed by atoms with Crippen molar-refractivity contribution in [1.82, 2.24) is 0 Å². The maximum absolute atomic E-state index is 2.34. The molecule has 44 heavy (non-hydrogen) atoms. The molecule has 0 aromatic heterocycles. The molecule has 0 aliphatic heterocycles. The zero-order valence-electron chi connectivity index (χ0n) is 26.2. The van der Waals surface area contributed by atoms with Gasteiger partial charge in [0.25, 0.3) is 0 Å². The van der Waals surface area contributed by atoms with Crippen LogP contribution in [0.3, 0.4) is 0 Å². The summed E-state index contributed by atoms with van der Waals surface area (Å²) in [6, 6.07) is 53.9. The molecule has 6 aromatic carbocycles. The van der Waals surface area contributed by atoms with Crippen molar-refractivity contribution < 1.29 is 0 Å². The summed E-state index contributed by atoms with van der Waals surface area (Å²) in [6.45, 7) is 9.25. The zero-order chi connectivity index (χ0) is 30.5. The normalized spacial score (nSPS) is 11.3. The van der Waals surface area contributed by atoms with Crippen LogP contribution in [0.25, 0.3) is 11.1 Å². The van der Waals surface area contributed by atoms with E-state index in [-0.39, 0.29) is 0 Å². The van der Waals surface area contributed by atoms with E-state index in [0.29, 0.717) is 0 Å². The molecule has 0 heterocycles. The Balaban J connectivity index is 1.53. The minimum atomic E-state index is -0.574. The molecule has 6 rings (SSSR count). The van der Waals surface area contributed by atoms with E-state index in [2.05, 4.69) is 173 Å². The molecule has 0 spiro atoms. The lowest BCUT2D eigenvalue weighted by molar-refractivity contribution is 1.22. The number of hydrogen-bond acceptors (Lipinski definition) is 0. The van der Waals surface area contributed by atoms with Crippen LogP contribution in [0, 0.1) is 27.7 Å². The Kier molecular flexibility index (Phi) is 9.52. The van der Waals surface area contributed by atoms with E-state index in [1.807, 2.05) is 0 Å². The van der Waals surface area contributed by atoms with Crippen molar-refractivity contribution in [3.63, 3.8) is 0 Å². The van der Waals surface area contributed by atoms with Crippen molar-refractivity contribution in [3.05, 3.63) is 179 Å². The van der Waals surface area contributed by atoms with Gasteiger partial charge in [0.1, 0.15) is 0 Å². The van der Waals surface area contributed by atoms with Crippen molar-refractivity contribution in [3.8, 4) is 11.1 Å². The van der Waals surface area contributed by atoms with Crippen LogP contribution in [0.2, 0.25) is 0 Å². The Morgan fingerprint density at radius 3 is 0.841 bits per heavy atom. The Bertz CT molecular complexity index is 1610. The van der Waals surface area contributed by atoms with E-state index in [9.17, 15) is 0 Å². The summed E-state index contributed by atoms with van der Waals surface area (Å²) >= 11 is 0. The van der Waals surface area contributed by atoms with Crippen LogP contribution in [0.15, 0.2) is 146 Å². The predicted octanol–water partition coefficient (Wildman–Crippen LogP) is 9.85. The Morgan fingerprint density at radius 1 is 0.318 bits per heavy atom. The van der Waals surface area contributed by atoms with Crippen LogP contribution in [-0.4, -0.2) is 0 Å². The van der Waals surface area contributed by atoms with Crippen LogP contribution in [0.4, 0.5) is 0 Å². The molecule has 0 fully saturated rings. The van der Waals surface area contributed by atoms with Gasteiger partial charge in [-0.2, -0.15) is 0 Å². The van der Waals surface area contributed by atoms with Crippen molar-refractivity contribution in [1.29, 1.82) is 0 Å². The van der Waals surface area contributed by atoms with Gasteiger partial charge in [0.2, 0.25) is 0 Å². The lowest BCUT2D eigenvalue weighted by atomic mass is 9.86. The first-order valence-corrected chi connectivity index (χ1v) is 18.5. The van der Waals surface area contributed by atoms with E-state index in [1.54, 1.807) is 0 Å². The van der Waals surface area contributed by atoms with Gasteiger partial charge in [-0.1, -0.05) is 146 Å². The third kappa shape index (κ3) is 6.49. The molecular weight excluding hydrogens is 566 g/mol. The molecule has 0 N–H and O–H groups in total. The Morgan fingerprint density at radius 2 is 0.568 bits per heavy atom. The van der Waals surface area contributed by atoms with Crippen LogP contribution in [-0.2, 0) is 12.3 Å². The molecule has 0 saturated heterocycles. The molecule has 0 saturated carbocycles. The van der Waals surface area contributed by atoms with E-state index in [0.717, 1.165) is 12.3 Å². The molecule has 218 valence electrons. The molecule has 0 bridgehead atoms. The van der Waals surface area contributed by atoms with E-state index in [4.69, 9.17) is 0 Å². The minimum Gasteiger partial charge on any atom is -0.0622 e. The highest BCUT2D eigenvalue weighted by Gasteiger charge is 2.24. The lowest BCUT2D eigenvalue weighted by Gasteiger charge is -2.27. The largest absolute Gasteiger partial charge is 0.0622 e. The third-order valence-corrected chi connectivity index (χ3v) is 13.6. The lowest BCUT2D eigenvalue weighted by Crippen LogP contribution is -2.15. The highest BCUT2D eigenvalue weighted by Crippen LogP contribution is 2.47. The number of aryl methyl sites for hydroxylation is 4. The average Bonchev–Trinajstić information content (AvgIpc) is 3.07. The average molecular weight is 607 g/mol. The highest BCUT2D eigenvalue weighted by atomic mass is 31.1. The first-order valence-electron chi connectivity index (χ1n) is 15.4. The van der Waals surface area contributed by atoms with Crippen molar-refractivity contribution in [2.24, 2.45) is 0 Å². The van der Waals surface area contributed by atoms with Crippen molar-refractivity contribution >= 4 is 37.1 Å². The summed E-state index contributed by atoms with van der Waals surface area (Å²) in [7, 11) is -1.15. The summed E-state index contributed by atoms with van der Waals surface area (Å²) in [5.41, 5.74) is 11.3. The second-order valence-corrected chi connectivity index (χ2v) is 16.0. The number of rotatable bonds is 9. The number of benzene rings is 6. The Hall–Kier alpha value is -3.82. The van der Waals surface area contributed by atoms with Crippen LogP contribution < -0.4 is 21.2 Å². The van der Waals surface area contributed by atoms with Gasteiger partial charge in [-0.15, -0.1) is 0 Å².